The molecule has 0 aliphatic heterocycles. The Kier molecular flexibility index (Phi) is 29.1. The molecule has 0 heterocycles. The average Bonchev–Trinajstić information content (AvgIpc) is 2.95. The predicted octanol–water partition coefficient (Wildman–Crippen LogP) is -0.973. The van der Waals surface area contributed by atoms with Gasteiger partial charge in [-0.1, -0.05) is 54.6 Å². The molecular formula is C30H48F3N3S3. The first-order valence-corrected chi connectivity index (χ1v) is 17.8. The maximum absolute atomic E-state index is 3.51. The number of rotatable bonds is 12. The summed E-state index contributed by atoms with van der Waals surface area (Å²) in [5.74, 6) is 7.28. The van der Waals surface area contributed by atoms with Crippen molar-refractivity contribution in [1.29, 1.82) is 0 Å². The number of para-hydroxylation sites is 3. The molecule has 0 aliphatic rings. The van der Waals surface area contributed by atoms with Crippen LogP contribution < -0.4 is 28.3 Å². The molecule has 0 spiro atoms. The lowest BCUT2D eigenvalue weighted by Crippen LogP contribution is -3.00. The Balaban J connectivity index is -0.000000480. The predicted molar refractivity (Wildman–Crippen MR) is 176 cm³/mol. The SMILES string of the molecule is CC[S+](CC)Nc1ccccc1.CC[S+](CC)Nc1ccccc1.CC[S+](CC)Nc1ccccc1.[F-].[F-].[F-]. The second kappa shape index (κ2) is 27.5. The molecule has 3 rings (SSSR count). The molecule has 0 unspecified atom stereocenters. The molecule has 222 valence electrons. The van der Waals surface area contributed by atoms with E-state index in [4.69, 9.17) is 0 Å². The number of hydrogen-bond acceptors (Lipinski definition) is 3. The van der Waals surface area contributed by atoms with Crippen LogP contribution in [0.5, 0.6) is 0 Å². The zero-order valence-corrected chi connectivity index (χ0v) is 26.7. The largest absolute Gasteiger partial charge is 1.00 e. The topological polar surface area (TPSA) is 36.1 Å². The van der Waals surface area contributed by atoms with Gasteiger partial charge in [-0.3, -0.25) is 0 Å². The van der Waals surface area contributed by atoms with Crippen molar-refractivity contribution >= 4 is 50.3 Å². The van der Waals surface area contributed by atoms with E-state index in [9.17, 15) is 0 Å². The van der Waals surface area contributed by atoms with Crippen LogP contribution in [0, 0.1) is 0 Å². The van der Waals surface area contributed by atoms with Gasteiger partial charge in [0.2, 0.25) is 0 Å². The minimum Gasteiger partial charge on any atom is -1.00 e. The molecule has 0 amide bonds. The van der Waals surface area contributed by atoms with Gasteiger partial charge in [-0.15, -0.1) is 0 Å². The van der Waals surface area contributed by atoms with Crippen molar-refractivity contribution in [3.63, 3.8) is 0 Å². The van der Waals surface area contributed by atoms with Gasteiger partial charge in [0.15, 0.2) is 0 Å². The highest BCUT2D eigenvalue weighted by atomic mass is 32.2. The van der Waals surface area contributed by atoms with Crippen LogP contribution in [-0.2, 0) is 33.2 Å². The van der Waals surface area contributed by atoms with E-state index in [0.29, 0.717) is 33.2 Å². The Hall–Kier alpha value is -2.10. The summed E-state index contributed by atoms with van der Waals surface area (Å²) in [6.07, 6.45) is 0. The van der Waals surface area contributed by atoms with Gasteiger partial charge in [-0.05, 0) is 77.9 Å². The summed E-state index contributed by atoms with van der Waals surface area (Å²) in [4.78, 5) is 0. The monoisotopic (exact) mass is 603 g/mol. The molecule has 3 aromatic carbocycles. The average molecular weight is 604 g/mol. The third-order valence-corrected chi connectivity index (χ3v) is 11.0. The molecule has 0 fully saturated rings. The number of anilines is 3. The Morgan fingerprint density at radius 1 is 0.359 bits per heavy atom. The second-order valence-electron chi connectivity index (χ2n) is 7.61. The Labute approximate surface area is 244 Å². The molecule has 39 heavy (non-hydrogen) atoms. The number of halogens is 3. The standard InChI is InChI=1S/3C10H16NS.3FH/c3*1-3-12(4-2)11-10-8-6-5-7-9-10;;;/h3*5-9,11H,3-4H2,1-2H3;3*1H/q3*+1;;;/p-3. The van der Waals surface area contributed by atoms with Gasteiger partial charge in [0.25, 0.3) is 0 Å². The first kappa shape index (κ1) is 41.4. The number of nitrogens with one attached hydrogen (secondary N) is 3. The van der Waals surface area contributed by atoms with Crippen LogP contribution in [0.4, 0.5) is 17.1 Å². The third-order valence-electron chi connectivity index (χ3n) is 5.20. The van der Waals surface area contributed by atoms with Crippen molar-refractivity contribution in [2.75, 3.05) is 48.7 Å². The Bertz CT molecular complexity index is 752. The van der Waals surface area contributed by atoms with Crippen LogP contribution in [0.2, 0.25) is 0 Å². The fourth-order valence-corrected chi connectivity index (χ4v) is 6.56. The van der Waals surface area contributed by atoms with E-state index in [1.165, 1.54) is 51.6 Å². The summed E-state index contributed by atoms with van der Waals surface area (Å²) >= 11 is 1.08. The highest BCUT2D eigenvalue weighted by Crippen LogP contribution is 2.11. The van der Waals surface area contributed by atoms with E-state index in [2.05, 4.69) is 129 Å². The zero-order chi connectivity index (χ0) is 26.4. The molecule has 0 saturated carbocycles. The van der Waals surface area contributed by atoms with Crippen molar-refractivity contribution in [2.24, 2.45) is 0 Å². The van der Waals surface area contributed by atoms with Crippen LogP contribution in [0.15, 0.2) is 91.0 Å². The van der Waals surface area contributed by atoms with E-state index in [1.807, 2.05) is 18.2 Å². The fraction of sp³-hybridized carbons (Fsp3) is 0.400. The van der Waals surface area contributed by atoms with E-state index in [1.54, 1.807) is 0 Å². The molecular weight excluding hydrogens is 556 g/mol. The summed E-state index contributed by atoms with van der Waals surface area (Å²) in [5.41, 5.74) is 3.72. The van der Waals surface area contributed by atoms with Crippen molar-refractivity contribution in [2.45, 2.75) is 41.5 Å². The molecule has 3 nitrogen and oxygen atoms in total. The lowest BCUT2D eigenvalue weighted by Gasteiger charge is -2.05. The summed E-state index contributed by atoms with van der Waals surface area (Å²) in [7, 11) is 0. The molecule has 0 bridgehead atoms. The van der Waals surface area contributed by atoms with Gasteiger partial charge < -0.3 is 14.1 Å². The fourth-order valence-electron chi connectivity index (χ4n) is 3.06. The number of benzene rings is 3. The molecule has 9 heteroatoms. The van der Waals surface area contributed by atoms with Gasteiger partial charge in [-0.25, -0.2) is 14.2 Å². The van der Waals surface area contributed by atoms with Gasteiger partial charge in [0.05, 0.1) is 50.3 Å². The van der Waals surface area contributed by atoms with Gasteiger partial charge in [0.1, 0.15) is 34.5 Å². The second-order valence-corrected chi connectivity index (χ2v) is 14.6. The number of hydrogen-bond donors (Lipinski definition) is 3. The van der Waals surface area contributed by atoms with Crippen LogP contribution in [0.25, 0.3) is 0 Å². The first-order chi connectivity index (χ1) is 17.6. The molecule has 3 aromatic rings. The molecule has 0 aromatic heterocycles. The Morgan fingerprint density at radius 3 is 0.692 bits per heavy atom. The van der Waals surface area contributed by atoms with Crippen LogP contribution in [0.1, 0.15) is 41.5 Å². The van der Waals surface area contributed by atoms with Crippen molar-refractivity contribution in [1.82, 2.24) is 0 Å². The van der Waals surface area contributed by atoms with Crippen LogP contribution in [0.3, 0.4) is 0 Å². The van der Waals surface area contributed by atoms with E-state index in [0.717, 1.165) is 0 Å². The van der Waals surface area contributed by atoms with Crippen molar-refractivity contribution in [3.8, 4) is 0 Å². The van der Waals surface area contributed by atoms with E-state index >= 15 is 0 Å². The Morgan fingerprint density at radius 2 is 0.538 bits per heavy atom. The summed E-state index contributed by atoms with van der Waals surface area (Å²) in [6, 6.07) is 31.2. The smallest absolute Gasteiger partial charge is 0.130 e. The quantitative estimate of drug-likeness (QED) is 0.233. The lowest BCUT2D eigenvalue weighted by molar-refractivity contribution is -0.00100. The first-order valence-electron chi connectivity index (χ1n) is 13.1. The minimum absolute atomic E-state index is 0. The van der Waals surface area contributed by atoms with Crippen LogP contribution in [-0.4, -0.2) is 34.5 Å². The molecule has 0 aliphatic carbocycles. The molecule has 0 saturated heterocycles. The summed E-state index contributed by atoms with van der Waals surface area (Å²) in [6.45, 7) is 13.3. The molecule has 3 N–H and O–H groups in total. The highest BCUT2D eigenvalue weighted by molar-refractivity contribution is 7.98. The summed E-state index contributed by atoms with van der Waals surface area (Å²) < 4.78 is 10.5. The minimum atomic E-state index is 0. The van der Waals surface area contributed by atoms with Crippen molar-refractivity contribution < 1.29 is 14.1 Å². The molecule has 0 radical (unpaired) electrons. The highest BCUT2D eigenvalue weighted by Gasteiger charge is 2.12. The van der Waals surface area contributed by atoms with Gasteiger partial charge in [0, 0.05) is 0 Å². The van der Waals surface area contributed by atoms with Crippen LogP contribution >= 0.6 is 0 Å². The summed E-state index contributed by atoms with van der Waals surface area (Å²) in [5, 5.41) is 0. The molecule has 0 atom stereocenters. The van der Waals surface area contributed by atoms with E-state index < -0.39 is 0 Å². The van der Waals surface area contributed by atoms with Crippen molar-refractivity contribution in [3.05, 3.63) is 91.0 Å². The third kappa shape index (κ3) is 19.6. The normalized spacial score (nSPS) is 9.46. The zero-order valence-electron chi connectivity index (χ0n) is 24.3. The van der Waals surface area contributed by atoms with Gasteiger partial charge >= 0.3 is 0 Å². The lowest BCUT2D eigenvalue weighted by atomic mass is 10.3. The maximum Gasteiger partial charge on any atom is 0.130 e. The maximum atomic E-state index is 3.51. The van der Waals surface area contributed by atoms with Gasteiger partial charge in [-0.2, -0.15) is 0 Å². The van der Waals surface area contributed by atoms with E-state index in [-0.39, 0.29) is 14.1 Å².